The van der Waals surface area contributed by atoms with Gasteiger partial charge in [-0.2, -0.15) is 0 Å². The fourth-order valence-electron chi connectivity index (χ4n) is 5.67. The van der Waals surface area contributed by atoms with Gasteiger partial charge in [-0.05, 0) is 66.7 Å². The molecule has 0 unspecified atom stereocenters. The zero-order valence-electron chi connectivity index (χ0n) is 20.2. The minimum absolute atomic E-state index is 0.134. The number of aliphatic imine (C=N–C) groups is 1. The van der Waals surface area contributed by atoms with Crippen LogP contribution in [0.25, 0.3) is 21.9 Å². The van der Waals surface area contributed by atoms with Gasteiger partial charge >= 0.3 is 0 Å². The molecule has 0 radical (unpaired) electrons. The highest BCUT2D eigenvalue weighted by molar-refractivity contribution is 6.16. The van der Waals surface area contributed by atoms with Gasteiger partial charge < -0.3 is 10.6 Å². The van der Waals surface area contributed by atoms with Gasteiger partial charge in [-0.25, -0.2) is 4.98 Å². The highest BCUT2D eigenvalue weighted by Crippen LogP contribution is 2.46. The van der Waals surface area contributed by atoms with E-state index in [4.69, 9.17) is 10.7 Å². The fraction of sp³-hybridized carbons (Fsp3) is 0.379. The Bertz CT molecular complexity index is 1420. The lowest BCUT2D eigenvalue weighted by atomic mass is 10.0. The lowest BCUT2D eigenvalue weighted by Gasteiger charge is -2.23. The maximum atomic E-state index is 13.4. The Morgan fingerprint density at radius 2 is 1.72 bits per heavy atom. The summed E-state index contributed by atoms with van der Waals surface area (Å²) in [5.41, 5.74) is 8.50. The first-order valence-corrected chi connectivity index (χ1v) is 13.0. The van der Waals surface area contributed by atoms with Crippen molar-refractivity contribution in [1.29, 1.82) is 0 Å². The minimum Gasteiger partial charge on any atom is -0.384 e. The van der Waals surface area contributed by atoms with Gasteiger partial charge in [0.1, 0.15) is 17.2 Å². The second-order valence-corrected chi connectivity index (χ2v) is 10.8. The van der Waals surface area contributed by atoms with Gasteiger partial charge in [0.25, 0.3) is 5.91 Å². The molecule has 1 saturated heterocycles. The van der Waals surface area contributed by atoms with E-state index in [0.717, 1.165) is 78.5 Å². The van der Waals surface area contributed by atoms with Gasteiger partial charge in [0.2, 0.25) is 5.91 Å². The smallest absolute Gasteiger partial charge is 0.256 e. The number of amidine groups is 1. The molecule has 36 heavy (non-hydrogen) atoms. The summed E-state index contributed by atoms with van der Waals surface area (Å²) >= 11 is 0. The summed E-state index contributed by atoms with van der Waals surface area (Å²) in [5.74, 6) is 2.28. The quantitative estimate of drug-likeness (QED) is 0.601. The number of benzene rings is 2. The molecule has 2 saturated carbocycles. The van der Waals surface area contributed by atoms with E-state index in [9.17, 15) is 9.59 Å². The molecule has 7 rings (SSSR count). The molecule has 3 fully saturated rings. The van der Waals surface area contributed by atoms with E-state index >= 15 is 0 Å². The maximum absolute atomic E-state index is 13.4. The van der Waals surface area contributed by atoms with E-state index in [1.807, 2.05) is 15.9 Å². The van der Waals surface area contributed by atoms with Crippen LogP contribution in [0.2, 0.25) is 0 Å². The first-order valence-electron chi connectivity index (χ1n) is 13.0. The zero-order chi connectivity index (χ0) is 24.4. The SMILES string of the molecule is Nc1cc2cc(-c3ccc(C4=NC5(CC5)C(=O)N4C[C@@H]4CCN(C(=O)C5CC5)C4)cc3)ccc2cn1. The van der Waals surface area contributed by atoms with Gasteiger partial charge in [-0.3, -0.25) is 19.5 Å². The number of carbonyl (C=O) groups excluding carboxylic acids is 2. The molecule has 2 aliphatic carbocycles. The Hall–Kier alpha value is -3.74. The number of carbonyl (C=O) groups is 2. The van der Waals surface area contributed by atoms with Gasteiger partial charge in [0.05, 0.1) is 0 Å². The van der Waals surface area contributed by atoms with Crippen LogP contribution in [0.1, 0.15) is 37.7 Å². The number of nitrogen functional groups attached to an aromatic ring is 1. The molecule has 1 aromatic heterocycles. The molecule has 3 heterocycles. The number of pyridine rings is 1. The molecule has 7 nitrogen and oxygen atoms in total. The van der Waals surface area contributed by atoms with Crippen molar-refractivity contribution in [2.75, 3.05) is 25.4 Å². The van der Waals surface area contributed by atoms with Crippen molar-refractivity contribution in [1.82, 2.24) is 14.8 Å². The molecular formula is C29H29N5O2. The van der Waals surface area contributed by atoms with E-state index in [0.29, 0.717) is 24.2 Å². The summed E-state index contributed by atoms with van der Waals surface area (Å²) in [5, 5.41) is 2.11. The number of likely N-dealkylation sites (tertiary alicyclic amines) is 1. The van der Waals surface area contributed by atoms with Crippen LogP contribution in [0.4, 0.5) is 5.82 Å². The number of anilines is 1. The molecule has 2 aliphatic heterocycles. The lowest BCUT2D eigenvalue weighted by molar-refractivity contribution is -0.131. The van der Waals surface area contributed by atoms with Crippen molar-refractivity contribution in [2.24, 2.45) is 16.8 Å². The lowest BCUT2D eigenvalue weighted by Crippen LogP contribution is -2.40. The van der Waals surface area contributed by atoms with Crippen molar-refractivity contribution >= 4 is 34.2 Å². The number of hydrogen-bond donors (Lipinski definition) is 1. The van der Waals surface area contributed by atoms with Crippen molar-refractivity contribution in [3.63, 3.8) is 0 Å². The second-order valence-electron chi connectivity index (χ2n) is 10.8. The summed E-state index contributed by atoms with van der Waals surface area (Å²) in [7, 11) is 0. The van der Waals surface area contributed by atoms with Gasteiger partial charge in [0, 0.05) is 42.7 Å². The van der Waals surface area contributed by atoms with Crippen molar-refractivity contribution in [2.45, 2.75) is 37.6 Å². The average molecular weight is 480 g/mol. The van der Waals surface area contributed by atoms with E-state index in [1.165, 1.54) is 0 Å². The van der Waals surface area contributed by atoms with Crippen LogP contribution in [-0.4, -0.2) is 57.6 Å². The highest BCUT2D eigenvalue weighted by Gasteiger charge is 2.57. The van der Waals surface area contributed by atoms with Crippen LogP contribution in [0.15, 0.2) is 59.7 Å². The average Bonchev–Trinajstić information content (AvgIpc) is 3.82. The van der Waals surface area contributed by atoms with Crippen molar-refractivity contribution < 1.29 is 9.59 Å². The number of rotatable bonds is 5. The Morgan fingerprint density at radius 1 is 0.972 bits per heavy atom. The van der Waals surface area contributed by atoms with E-state index in [2.05, 4.69) is 47.4 Å². The third-order valence-corrected chi connectivity index (χ3v) is 8.13. The minimum atomic E-state index is -0.539. The van der Waals surface area contributed by atoms with Crippen molar-refractivity contribution in [3.05, 3.63) is 60.3 Å². The third kappa shape index (κ3) is 3.65. The molecular weight excluding hydrogens is 450 g/mol. The predicted molar refractivity (Wildman–Crippen MR) is 139 cm³/mol. The summed E-state index contributed by atoms with van der Waals surface area (Å²) in [6, 6.07) is 16.5. The zero-order valence-corrected chi connectivity index (χ0v) is 20.2. The number of fused-ring (bicyclic) bond motifs is 1. The molecule has 0 bridgehead atoms. The van der Waals surface area contributed by atoms with Gasteiger partial charge in [-0.1, -0.05) is 36.4 Å². The molecule has 1 spiro atoms. The standard InChI is InChI=1S/C29H29N5O2/c30-25-14-24-13-22(7-8-23(24)15-31-25)19-1-3-20(4-2-19)26-32-29(10-11-29)28(36)34(26)17-18-9-12-33(16-18)27(35)21-5-6-21/h1-4,7-8,13-15,18,21H,5-6,9-12,16-17H2,(H2,30,31)/t18-/m1/s1. The van der Waals surface area contributed by atoms with E-state index < -0.39 is 5.54 Å². The van der Waals surface area contributed by atoms with Crippen LogP contribution < -0.4 is 5.73 Å². The number of amides is 2. The Morgan fingerprint density at radius 3 is 2.47 bits per heavy atom. The molecule has 7 heteroatoms. The monoisotopic (exact) mass is 479 g/mol. The molecule has 2 aromatic carbocycles. The second kappa shape index (κ2) is 7.88. The number of nitrogens with zero attached hydrogens (tertiary/aromatic N) is 4. The molecule has 2 N–H and O–H groups in total. The first kappa shape index (κ1) is 21.5. The Labute approximate surface area is 210 Å². The molecule has 3 aromatic rings. The summed E-state index contributed by atoms with van der Waals surface area (Å²) in [4.78, 5) is 38.9. The Balaban J connectivity index is 1.12. The fourth-order valence-corrected chi connectivity index (χ4v) is 5.67. The summed E-state index contributed by atoms with van der Waals surface area (Å²) in [6.45, 7) is 2.19. The van der Waals surface area contributed by atoms with Crippen molar-refractivity contribution in [3.8, 4) is 11.1 Å². The normalized spacial score (nSPS) is 22.5. The maximum Gasteiger partial charge on any atom is 0.256 e. The van der Waals surface area contributed by atoms with Crippen LogP contribution in [0, 0.1) is 11.8 Å². The summed E-state index contributed by atoms with van der Waals surface area (Å²) in [6.07, 6.45) is 6.46. The number of aromatic nitrogens is 1. The van der Waals surface area contributed by atoms with Gasteiger partial charge in [-0.15, -0.1) is 0 Å². The molecule has 2 amide bonds. The van der Waals surface area contributed by atoms with Crippen LogP contribution >= 0.6 is 0 Å². The highest BCUT2D eigenvalue weighted by atomic mass is 16.2. The summed E-state index contributed by atoms with van der Waals surface area (Å²) < 4.78 is 0. The van der Waals surface area contributed by atoms with Crippen LogP contribution in [0.5, 0.6) is 0 Å². The topological polar surface area (TPSA) is 91.9 Å². The van der Waals surface area contributed by atoms with Crippen LogP contribution in [-0.2, 0) is 9.59 Å². The predicted octanol–water partition coefficient (Wildman–Crippen LogP) is 3.86. The molecule has 4 aliphatic rings. The molecule has 1 atom stereocenters. The van der Waals surface area contributed by atoms with Crippen LogP contribution in [0.3, 0.4) is 0 Å². The molecule has 182 valence electrons. The largest absolute Gasteiger partial charge is 0.384 e. The van der Waals surface area contributed by atoms with E-state index in [1.54, 1.807) is 6.20 Å². The number of hydrogen-bond acceptors (Lipinski definition) is 5. The third-order valence-electron chi connectivity index (χ3n) is 8.13. The van der Waals surface area contributed by atoms with E-state index in [-0.39, 0.29) is 11.8 Å². The Kier molecular flexibility index (Phi) is 4.72. The number of nitrogens with two attached hydrogens (primary N) is 1. The first-order chi connectivity index (χ1) is 17.5. The van der Waals surface area contributed by atoms with Gasteiger partial charge in [0.15, 0.2) is 0 Å².